The van der Waals surface area contributed by atoms with Gasteiger partial charge in [-0.15, -0.1) is 10.2 Å². The van der Waals surface area contributed by atoms with E-state index in [2.05, 4.69) is 52.4 Å². The summed E-state index contributed by atoms with van der Waals surface area (Å²) in [5.74, 6) is -0.0500. The van der Waals surface area contributed by atoms with Crippen LogP contribution in [-0.2, 0) is 11.2 Å². The van der Waals surface area contributed by atoms with Gasteiger partial charge in [0.2, 0.25) is 11.0 Å². The van der Waals surface area contributed by atoms with Crippen LogP contribution in [0.15, 0.2) is 60.6 Å². The Bertz CT molecular complexity index is 953. The molecular formula is C21H19N3OS. The molecule has 0 fully saturated rings. The number of carbonyl (C=O) groups is 1. The van der Waals surface area contributed by atoms with Crippen molar-refractivity contribution >= 4 is 28.5 Å². The summed E-state index contributed by atoms with van der Waals surface area (Å²) in [6, 6.07) is 16.6. The van der Waals surface area contributed by atoms with Crippen LogP contribution in [0.1, 0.15) is 35.1 Å². The van der Waals surface area contributed by atoms with E-state index < -0.39 is 5.41 Å². The number of aromatic nitrogens is 2. The van der Waals surface area contributed by atoms with Crippen LogP contribution in [0.25, 0.3) is 6.08 Å². The third kappa shape index (κ3) is 2.74. The maximum atomic E-state index is 13.2. The van der Waals surface area contributed by atoms with Crippen molar-refractivity contribution in [1.29, 1.82) is 0 Å². The molecule has 0 spiro atoms. The van der Waals surface area contributed by atoms with Crippen LogP contribution in [-0.4, -0.2) is 16.1 Å². The van der Waals surface area contributed by atoms with Crippen molar-refractivity contribution in [2.45, 2.75) is 19.3 Å². The highest BCUT2D eigenvalue weighted by Crippen LogP contribution is 2.51. The fourth-order valence-electron chi connectivity index (χ4n) is 3.88. The number of rotatable bonds is 4. The number of carbonyl (C=O) groups excluding carboxylic acids is 1. The highest BCUT2D eigenvalue weighted by Gasteiger charge is 2.48. The maximum Gasteiger partial charge on any atom is 0.233 e. The fraction of sp³-hybridized carbons (Fsp3) is 0.190. The number of fused-ring (bicyclic) bond motifs is 1. The third-order valence-corrected chi connectivity index (χ3v) is 5.75. The van der Waals surface area contributed by atoms with E-state index in [1.807, 2.05) is 31.2 Å². The molecule has 26 heavy (non-hydrogen) atoms. The Kier molecular flexibility index (Phi) is 4.17. The molecule has 0 unspecified atom stereocenters. The second-order valence-electron chi connectivity index (χ2n) is 6.80. The Balaban J connectivity index is 1.80. The lowest BCUT2D eigenvalue weighted by atomic mass is 9.73. The van der Waals surface area contributed by atoms with E-state index in [-0.39, 0.29) is 11.8 Å². The average molecular weight is 361 g/mol. The van der Waals surface area contributed by atoms with Gasteiger partial charge in [-0.05, 0) is 35.6 Å². The monoisotopic (exact) mass is 361 g/mol. The van der Waals surface area contributed by atoms with Gasteiger partial charge in [-0.25, -0.2) is 0 Å². The van der Waals surface area contributed by atoms with Crippen molar-refractivity contribution in [1.82, 2.24) is 10.2 Å². The number of hydrogen-bond donors (Lipinski definition) is 1. The zero-order chi connectivity index (χ0) is 18.1. The minimum Gasteiger partial charge on any atom is -0.300 e. The minimum atomic E-state index is -0.602. The summed E-state index contributed by atoms with van der Waals surface area (Å²) in [5, 5.41) is 11.2. The number of hydrogen-bond acceptors (Lipinski definition) is 4. The number of amides is 1. The quantitative estimate of drug-likeness (QED) is 0.744. The first-order chi connectivity index (χ1) is 12.6. The summed E-state index contributed by atoms with van der Waals surface area (Å²) in [7, 11) is 0. The number of nitrogens with zero attached hydrogens (tertiary/aromatic N) is 2. The molecule has 0 saturated heterocycles. The smallest absolute Gasteiger partial charge is 0.233 e. The van der Waals surface area contributed by atoms with Gasteiger partial charge in [0.25, 0.3) is 0 Å². The molecule has 2 aromatic carbocycles. The van der Waals surface area contributed by atoms with Crippen LogP contribution >= 0.6 is 11.3 Å². The molecule has 0 bridgehead atoms. The SMILES string of the molecule is C=Cc1ccc2c(c1)[C@@H](c1ccccc1)[C@@](C)(C(=O)Nc1nncs1)C2. The standard InChI is InChI=1S/C21H19N3OS/c1-3-14-9-10-16-12-21(2,19(25)23-20-24-22-13-26-20)18(17(16)11-14)15-7-5-4-6-8-15/h3-11,13,18H,1,12H2,2H3,(H,23,24,25)/t18-,21+/m1/s1. The predicted octanol–water partition coefficient (Wildman–Crippen LogP) is 4.51. The molecule has 1 amide bonds. The van der Waals surface area contributed by atoms with Crippen molar-refractivity contribution in [2.24, 2.45) is 5.41 Å². The molecule has 1 aliphatic carbocycles. The van der Waals surface area contributed by atoms with Crippen molar-refractivity contribution < 1.29 is 4.79 Å². The van der Waals surface area contributed by atoms with Gasteiger partial charge < -0.3 is 5.32 Å². The lowest BCUT2D eigenvalue weighted by Gasteiger charge is -2.30. The van der Waals surface area contributed by atoms with E-state index in [4.69, 9.17) is 0 Å². The summed E-state index contributed by atoms with van der Waals surface area (Å²) in [6.45, 7) is 5.92. The van der Waals surface area contributed by atoms with E-state index in [0.717, 1.165) is 11.1 Å². The highest BCUT2D eigenvalue weighted by atomic mass is 32.1. The Hall–Kier alpha value is -2.79. The van der Waals surface area contributed by atoms with Gasteiger partial charge >= 0.3 is 0 Å². The molecule has 1 aromatic heterocycles. The van der Waals surface area contributed by atoms with Crippen LogP contribution < -0.4 is 5.32 Å². The first kappa shape index (κ1) is 16.7. The number of anilines is 1. The van der Waals surface area contributed by atoms with Crippen LogP contribution in [0.4, 0.5) is 5.13 Å². The normalized spacial score (nSPS) is 21.2. The molecule has 0 saturated carbocycles. The molecule has 0 radical (unpaired) electrons. The molecule has 4 rings (SSSR count). The lowest BCUT2D eigenvalue weighted by molar-refractivity contribution is -0.125. The summed E-state index contributed by atoms with van der Waals surface area (Å²) in [4.78, 5) is 13.2. The highest BCUT2D eigenvalue weighted by molar-refractivity contribution is 7.13. The molecule has 0 aliphatic heterocycles. The number of nitrogens with one attached hydrogen (secondary N) is 1. The van der Waals surface area contributed by atoms with Crippen LogP contribution in [0.3, 0.4) is 0 Å². The van der Waals surface area contributed by atoms with E-state index in [1.54, 1.807) is 5.51 Å². The van der Waals surface area contributed by atoms with Gasteiger partial charge in [0, 0.05) is 5.92 Å². The van der Waals surface area contributed by atoms with E-state index in [9.17, 15) is 4.79 Å². The minimum absolute atomic E-state index is 0.0217. The zero-order valence-corrected chi connectivity index (χ0v) is 15.3. The molecule has 1 N–H and O–H groups in total. The largest absolute Gasteiger partial charge is 0.300 e. The molecule has 2 atom stereocenters. The molecule has 1 heterocycles. The maximum absolute atomic E-state index is 13.2. The summed E-state index contributed by atoms with van der Waals surface area (Å²) < 4.78 is 0. The Morgan fingerprint density at radius 1 is 1.31 bits per heavy atom. The van der Waals surface area contributed by atoms with Crippen molar-refractivity contribution in [3.05, 3.63) is 82.9 Å². The van der Waals surface area contributed by atoms with E-state index in [1.165, 1.54) is 22.5 Å². The predicted molar refractivity (Wildman–Crippen MR) is 105 cm³/mol. The lowest BCUT2D eigenvalue weighted by Crippen LogP contribution is -2.37. The van der Waals surface area contributed by atoms with E-state index >= 15 is 0 Å². The Labute approximate surface area is 156 Å². The average Bonchev–Trinajstić information content (AvgIpc) is 3.27. The van der Waals surface area contributed by atoms with Crippen LogP contribution in [0.2, 0.25) is 0 Å². The Morgan fingerprint density at radius 3 is 2.81 bits per heavy atom. The Morgan fingerprint density at radius 2 is 2.12 bits per heavy atom. The zero-order valence-electron chi connectivity index (χ0n) is 14.5. The topological polar surface area (TPSA) is 54.9 Å². The van der Waals surface area contributed by atoms with Gasteiger partial charge in [0.15, 0.2) is 0 Å². The van der Waals surface area contributed by atoms with Crippen LogP contribution in [0.5, 0.6) is 0 Å². The van der Waals surface area contributed by atoms with Gasteiger partial charge in [-0.2, -0.15) is 0 Å². The molecule has 4 nitrogen and oxygen atoms in total. The third-order valence-electron chi connectivity index (χ3n) is 5.14. The first-order valence-corrected chi connectivity index (χ1v) is 9.37. The summed E-state index contributed by atoms with van der Waals surface area (Å²) in [5.41, 5.74) is 5.63. The summed E-state index contributed by atoms with van der Waals surface area (Å²) in [6.07, 6.45) is 2.53. The molecule has 130 valence electrons. The number of benzene rings is 2. The second-order valence-corrected chi connectivity index (χ2v) is 7.63. The van der Waals surface area contributed by atoms with Gasteiger partial charge in [0.1, 0.15) is 5.51 Å². The van der Waals surface area contributed by atoms with Gasteiger partial charge in [0.05, 0.1) is 5.41 Å². The molecule has 3 aromatic rings. The van der Waals surface area contributed by atoms with Crippen molar-refractivity contribution in [3.63, 3.8) is 0 Å². The van der Waals surface area contributed by atoms with E-state index in [0.29, 0.717) is 11.6 Å². The van der Waals surface area contributed by atoms with Crippen molar-refractivity contribution in [3.8, 4) is 0 Å². The summed E-state index contributed by atoms with van der Waals surface area (Å²) >= 11 is 1.33. The van der Waals surface area contributed by atoms with Gasteiger partial charge in [-0.3, -0.25) is 4.79 Å². The van der Waals surface area contributed by atoms with Crippen LogP contribution in [0, 0.1) is 5.41 Å². The van der Waals surface area contributed by atoms with Gasteiger partial charge in [-0.1, -0.05) is 72.5 Å². The first-order valence-electron chi connectivity index (χ1n) is 8.49. The molecule has 1 aliphatic rings. The second kappa shape index (κ2) is 6.50. The fourth-order valence-corrected chi connectivity index (χ4v) is 4.32. The van der Waals surface area contributed by atoms with Crippen molar-refractivity contribution in [2.75, 3.05) is 5.32 Å². The molecular weight excluding hydrogens is 342 g/mol. The molecule has 5 heteroatoms.